The Hall–Kier alpha value is -2.68. The van der Waals surface area contributed by atoms with Gasteiger partial charge in [-0.1, -0.05) is 18.2 Å². The van der Waals surface area contributed by atoms with E-state index >= 15 is 0 Å². The van der Waals surface area contributed by atoms with E-state index in [1.807, 2.05) is 47.9 Å². The van der Waals surface area contributed by atoms with Crippen molar-refractivity contribution in [2.75, 3.05) is 31.6 Å². The number of aromatic amines is 1. The van der Waals surface area contributed by atoms with E-state index in [9.17, 15) is 4.79 Å². The Morgan fingerprint density at radius 1 is 1.23 bits per heavy atom. The van der Waals surface area contributed by atoms with Crippen molar-refractivity contribution in [2.45, 2.75) is 20.0 Å². The number of imidazole rings is 1. The number of anilines is 1. The van der Waals surface area contributed by atoms with E-state index in [1.54, 1.807) is 0 Å². The van der Waals surface area contributed by atoms with Crippen LogP contribution in [0, 0.1) is 6.92 Å². The van der Waals surface area contributed by atoms with Crippen molar-refractivity contribution in [3.05, 3.63) is 58.5 Å². The molecule has 0 radical (unpaired) electrons. The molecule has 5 rings (SSSR count). The standard InChI is InChI=1S/C23H24BrN5O2/c1-15-23(24)17-4-2-3-5-20(17)29(15)14-22(30)25-16-6-7-18-19(12-16)27-21(26-18)13-28-8-10-31-11-9-28/h2-7,12H,8-11,13-14H2,1H3,(H,25,30)(H,26,27). The molecule has 0 saturated carbocycles. The molecule has 2 N–H and O–H groups in total. The number of aromatic nitrogens is 3. The van der Waals surface area contributed by atoms with Gasteiger partial charge in [0.25, 0.3) is 0 Å². The molecule has 160 valence electrons. The van der Waals surface area contributed by atoms with Crippen molar-refractivity contribution in [1.29, 1.82) is 0 Å². The number of rotatable bonds is 5. The van der Waals surface area contributed by atoms with Gasteiger partial charge in [-0.2, -0.15) is 0 Å². The van der Waals surface area contributed by atoms with Crippen LogP contribution in [-0.4, -0.2) is 51.6 Å². The number of morpholine rings is 1. The van der Waals surface area contributed by atoms with Crippen LogP contribution in [0.3, 0.4) is 0 Å². The summed E-state index contributed by atoms with van der Waals surface area (Å²) in [4.78, 5) is 23.2. The fourth-order valence-corrected chi connectivity index (χ4v) is 4.67. The van der Waals surface area contributed by atoms with Gasteiger partial charge in [0.15, 0.2) is 0 Å². The normalized spacial score (nSPS) is 15.0. The second kappa shape index (κ2) is 8.45. The summed E-state index contributed by atoms with van der Waals surface area (Å²) in [5.74, 6) is 0.864. The lowest BCUT2D eigenvalue weighted by molar-refractivity contribution is -0.116. The number of H-pyrrole nitrogens is 1. The molecule has 2 aromatic heterocycles. The zero-order chi connectivity index (χ0) is 21.4. The second-order valence-corrected chi connectivity index (χ2v) is 8.65. The van der Waals surface area contributed by atoms with Gasteiger partial charge in [0.2, 0.25) is 5.91 Å². The number of hydrogen-bond acceptors (Lipinski definition) is 4. The van der Waals surface area contributed by atoms with E-state index in [1.165, 1.54) is 0 Å². The number of para-hydroxylation sites is 1. The van der Waals surface area contributed by atoms with Crippen molar-refractivity contribution in [3.63, 3.8) is 0 Å². The molecule has 3 heterocycles. The summed E-state index contributed by atoms with van der Waals surface area (Å²) in [5.41, 5.74) is 4.66. The lowest BCUT2D eigenvalue weighted by atomic mass is 10.2. The molecule has 2 aromatic carbocycles. The van der Waals surface area contributed by atoms with Gasteiger partial charge in [-0.15, -0.1) is 0 Å². The molecule has 1 amide bonds. The Kier molecular flexibility index (Phi) is 5.52. The topological polar surface area (TPSA) is 75.2 Å². The highest BCUT2D eigenvalue weighted by Crippen LogP contribution is 2.30. The van der Waals surface area contributed by atoms with Gasteiger partial charge in [-0.3, -0.25) is 9.69 Å². The predicted molar refractivity (Wildman–Crippen MR) is 125 cm³/mol. The maximum atomic E-state index is 12.8. The van der Waals surface area contributed by atoms with Crippen molar-refractivity contribution in [3.8, 4) is 0 Å². The largest absolute Gasteiger partial charge is 0.379 e. The minimum absolute atomic E-state index is 0.0660. The first-order valence-corrected chi connectivity index (χ1v) is 11.2. The molecule has 1 aliphatic rings. The van der Waals surface area contributed by atoms with Crippen molar-refractivity contribution >= 4 is 49.5 Å². The summed E-state index contributed by atoms with van der Waals surface area (Å²) >= 11 is 3.65. The van der Waals surface area contributed by atoms with Gasteiger partial charge < -0.3 is 19.6 Å². The molecule has 0 aliphatic carbocycles. The lowest BCUT2D eigenvalue weighted by Gasteiger charge is -2.25. The SMILES string of the molecule is Cc1c(Br)c2ccccc2n1CC(=O)Nc1ccc2nc(CN3CCOCC3)[nH]c2c1. The van der Waals surface area contributed by atoms with Crippen LogP contribution in [0.4, 0.5) is 5.69 Å². The Labute approximate surface area is 188 Å². The molecule has 1 aliphatic heterocycles. The summed E-state index contributed by atoms with van der Waals surface area (Å²) in [6.45, 7) is 6.41. The van der Waals surface area contributed by atoms with Crippen LogP contribution in [0.2, 0.25) is 0 Å². The van der Waals surface area contributed by atoms with Crippen LogP contribution in [0.15, 0.2) is 46.9 Å². The first-order chi connectivity index (χ1) is 15.1. The Bertz CT molecular complexity index is 1260. The van der Waals surface area contributed by atoms with Crippen molar-refractivity contribution in [2.24, 2.45) is 0 Å². The van der Waals surface area contributed by atoms with Gasteiger partial charge in [-0.25, -0.2) is 4.98 Å². The van der Waals surface area contributed by atoms with E-state index in [-0.39, 0.29) is 12.5 Å². The number of halogens is 1. The second-order valence-electron chi connectivity index (χ2n) is 7.85. The number of nitrogens with one attached hydrogen (secondary N) is 2. The Morgan fingerprint density at radius 3 is 2.87 bits per heavy atom. The number of amides is 1. The van der Waals surface area contributed by atoms with Crippen molar-refractivity contribution in [1.82, 2.24) is 19.4 Å². The molecular formula is C23H24BrN5O2. The lowest BCUT2D eigenvalue weighted by Crippen LogP contribution is -2.35. The molecule has 1 fully saturated rings. The number of carbonyl (C=O) groups is 1. The van der Waals surface area contributed by atoms with Crippen LogP contribution in [0.1, 0.15) is 11.5 Å². The molecule has 1 saturated heterocycles. The van der Waals surface area contributed by atoms with Gasteiger partial charge in [0.1, 0.15) is 12.4 Å². The van der Waals surface area contributed by atoms with Gasteiger partial charge >= 0.3 is 0 Å². The summed E-state index contributed by atoms with van der Waals surface area (Å²) < 4.78 is 8.47. The van der Waals surface area contributed by atoms with Crippen LogP contribution >= 0.6 is 15.9 Å². The molecule has 0 atom stereocenters. The zero-order valence-corrected chi connectivity index (χ0v) is 18.9. The molecule has 0 spiro atoms. The fourth-order valence-electron chi connectivity index (χ4n) is 4.12. The average Bonchev–Trinajstić information content (AvgIpc) is 3.28. The summed E-state index contributed by atoms with van der Waals surface area (Å²) in [6.07, 6.45) is 0. The third kappa shape index (κ3) is 4.11. The Balaban J connectivity index is 1.31. The molecule has 7 nitrogen and oxygen atoms in total. The number of hydrogen-bond donors (Lipinski definition) is 2. The maximum Gasteiger partial charge on any atom is 0.244 e. The summed E-state index contributed by atoms with van der Waals surface area (Å²) in [7, 11) is 0. The van der Waals surface area contributed by atoms with Gasteiger partial charge in [0.05, 0.1) is 30.8 Å². The number of carbonyl (C=O) groups excluding carboxylic acids is 1. The molecule has 0 unspecified atom stereocenters. The molecular weight excluding hydrogens is 458 g/mol. The van der Waals surface area contributed by atoms with Crippen LogP contribution < -0.4 is 5.32 Å². The quantitative estimate of drug-likeness (QED) is 0.450. The number of benzene rings is 2. The minimum Gasteiger partial charge on any atom is -0.379 e. The van der Waals surface area contributed by atoms with Gasteiger partial charge in [0, 0.05) is 39.8 Å². The third-order valence-electron chi connectivity index (χ3n) is 5.75. The number of nitrogens with zero attached hydrogens (tertiary/aromatic N) is 3. The number of fused-ring (bicyclic) bond motifs is 2. The van der Waals surface area contributed by atoms with E-state index in [2.05, 4.69) is 42.2 Å². The maximum absolute atomic E-state index is 12.8. The predicted octanol–water partition coefficient (Wildman–Crippen LogP) is 4.06. The summed E-state index contributed by atoms with van der Waals surface area (Å²) in [6, 6.07) is 13.9. The van der Waals surface area contributed by atoms with Gasteiger partial charge in [-0.05, 0) is 47.1 Å². The molecule has 0 bridgehead atoms. The van der Waals surface area contributed by atoms with E-state index in [4.69, 9.17) is 4.74 Å². The van der Waals surface area contributed by atoms with Crippen LogP contribution in [0.5, 0.6) is 0 Å². The van der Waals surface area contributed by atoms with E-state index < -0.39 is 0 Å². The smallest absolute Gasteiger partial charge is 0.244 e. The molecule has 31 heavy (non-hydrogen) atoms. The van der Waals surface area contributed by atoms with E-state index in [0.717, 1.165) is 76.5 Å². The monoisotopic (exact) mass is 481 g/mol. The highest BCUT2D eigenvalue weighted by atomic mass is 79.9. The molecule has 8 heteroatoms. The highest BCUT2D eigenvalue weighted by molar-refractivity contribution is 9.10. The fraction of sp³-hybridized carbons (Fsp3) is 0.304. The summed E-state index contributed by atoms with van der Waals surface area (Å²) in [5, 5.41) is 4.14. The van der Waals surface area contributed by atoms with E-state index in [0.29, 0.717) is 0 Å². The average molecular weight is 482 g/mol. The third-order valence-corrected chi connectivity index (χ3v) is 6.75. The first kappa shape index (κ1) is 20.2. The minimum atomic E-state index is -0.0660. The highest BCUT2D eigenvalue weighted by Gasteiger charge is 2.15. The Morgan fingerprint density at radius 2 is 2.03 bits per heavy atom. The zero-order valence-electron chi connectivity index (χ0n) is 17.3. The van der Waals surface area contributed by atoms with Crippen molar-refractivity contribution < 1.29 is 9.53 Å². The van der Waals surface area contributed by atoms with Crippen LogP contribution in [-0.2, 0) is 22.6 Å². The van der Waals surface area contributed by atoms with Crippen LogP contribution in [0.25, 0.3) is 21.9 Å². The number of ether oxygens (including phenoxy) is 1. The first-order valence-electron chi connectivity index (χ1n) is 10.4. The molecule has 4 aromatic rings.